The van der Waals surface area contributed by atoms with E-state index in [9.17, 15) is 0 Å². The van der Waals surface area contributed by atoms with Gasteiger partial charge in [0.05, 0.1) is 37.8 Å². The third-order valence-electron chi connectivity index (χ3n) is 5.20. The largest absolute Gasteiger partial charge is 0.379 e. The summed E-state index contributed by atoms with van der Waals surface area (Å²) >= 11 is 0. The van der Waals surface area contributed by atoms with Gasteiger partial charge < -0.3 is 9.47 Å². The summed E-state index contributed by atoms with van der Waals surface area (Å²) in [7, 11) is 0. The highest BCUT2D eigenvalue weighted by Crippen LogP contribution is 2.30. The Labute approximate surface area is 158 Å². The SMILES string of the molecule is ON(O)c1ccc(N2N=NC(CN3CCOCC3)C2N2CCOCC2)cc1. The van der Waals surface area contributed by atoms with Crippen molar-refractivity contribution in [2.45, 2.75) is 12.2 Å². The average Bonchev–Trinajstić information content (AvgIpc) is 3.13. The Kier molecular flexibility index (Phi) is 5.81. The quantitative estimate of drug-likeness (QED) is 0.727. The van der Waals surface area contributed by atoms with Crippen LogP contribution in [0, 0.1) is 0 Å². The summed E-state index contributed by atoms with van der Waals surface area (Å²) in [5.41, 5.74) is 1.16. The van der Waals surface area contributed by atoms with Gasteiger partial charge in [-0.2, -0.15) is 5.11 Å². The second-order valence-corrected chi connectivity index (χ2v) is 6.90. The smallest absolute Gasteiger partial charge is 0.132 e. The van der Waals surface area contributed by atoms with Gasteiger partial charge in [-0.1, -0.05) is 5.22 Å². The molecule has 0 amide bonds. The molecule has 0 aliphatic carbocycles. The lowest BCUT2D eigenvalue weighted by Crippen LogP contribution is -2.56. The number of ether oxygens (including phenoxy) is 2. The first-order valence-corrected chi connectivity index (χ1v) is 9.32. The number of morpholine rings is 2. The Balaban J connectivity index is 1.53. The Bertz CT molecular complexity index is 631. The van der Waals surface area contributed by atoms with Crippen LogP contribution in [0.15, 0.2) is 34.6 Å². The molecule has 3 heterocycles. The molecule has 3 aliphatic heterocycles. The zero-order valence-corrected chi connectivity index (χ0v) is 15.2. The Morgan fingerprint density at radius 2 is 1.59 bits per heavy atom. The molecule has 0 bridgehead atoms. The molecule has 2 fully saturated rings. The van der Waals surface area contributed by atoms with Crippen LogP contribution >= 0.6 is 0 Å². The van der Waals surface area contributed by atoms with E-state index in [0.29, 0.717) is 18.9 Å². The number of rotatable bonds is 5. The van der Waals surface area contributed by atoms with Crippen LogP contribution in [0.3, 0.4) is 0 Å². The second-order valence-electron chi connectivity index (χ2n) is 6.90. The van der Waals surface area contributed by atoms with Crippen molar-refractivity contribution < 1.29 is 19.9 Å². The molecule has 3 aliphatic rings. The Hall–Kier alpha value is -1.82. The van der Waals surface area contributed by atoms with Crippen LogP contribution in [0.5, 0.6) is 0 Å². The maximum absolute atomic E-state index is 9.16. The minimum absolute atomic E-state index is 0.0157. The first-order chi connectivity index (χ1) is 13.2. The maximum atomic E-state index is 9.16. The van der Waals surface area contributed by atoms with Crippen molar-refractivity contribution in [1.82, 2.24) is 9.80 Å². The lowest BCUT2D eigenvalue weighted by molar-refractivity contribution is 0.00376. The van der Waals surface area contributed by atoms with Crippen LogP contribution in [0.25, 0.3) is 0 Å². The van der Waals surface area contributed by atoms with Gasteiger partial charge in [-0.25, -0.2) is 5.01 Å². The molecular formula is C17H26N6O4. The molecular weight excluding hydrogens is 352 g/mol. The van der Waals surface area contributed by atoms with Crippen LogP contribution in [-0.4, -0.2) is 91.6 Å². The standard InChI is InChI=1S/C17H26N6O4/c24-23(25)15-3-1-14(2-4-15)22-17(21-7-11-27-12-8-21)16(18-19-22)13-20-5-9-26-10-6-20/h1-4,16-17,24-25H,5-13H2. The molecule has 0 radical (unpaired) electrons. The molecule has 1 aromatic rings. The molecule has 1 aromatic carbocycles. The Morgan fingerprint density at radius 3 is 2.22 bits per heavy atom. The molecule has 0 saturated carbocycles. The van der Waals surface area contributed by atoms with E-state index in [-0.39, 0.29) is 17.4 Å². The third-order valence-corrected chi connectivity index (χ3v) is 5.20. The fourth-order valence-corrected chi connectivity index (χ4v) is 3.76. The molecule has 10 nitrogen and oxygen atoms in total. The van der Waals surface area contributed by atoms with Crippen molar-refractivity contribution >= 4 is 11.4 Å². The van der Waals surface area contributed by atoms with E-state index < -0.39 is 0 Å². The average molecular weight is 378 g/mol. The molecule has 148 valence electrons. The number of hydrogen-bond acceptors (Lipinski definition) is 10. The predicted octanol–water partition coefficient (Wildman–Crippen LogP) is 0.818. The normalized spacial score (nSPS) is 27.3. The molecule has 27 heavy (non-hydrogen) atoms. The second kappa shape index (κ2) is 8.46. The van der Waals surface area contributed by atoms with Crippen molar-refractivity contribution in [3.05, 3.63) is 24.3 Å². The first-order valence-electron chi connectivity index (χ1n) is 9.32. The topological polar surface area (TPSA) is 96.6 Å². The zero-order valence-electron chi connectivity index (χ0n) is 15.2. The summed E-state index contributed by atoms with van der Waals surface area (Å²) in [6.45, 7) is 7.28. The highest BCUT2D eigenvalue weighted by Gasteiger charge is 2.39. The summed E-state index contributed by atoms with van der Waals surface area (Å²) in [6, 6.07) is 6.94. The monoisotopic (exact) mass is 378 g/mol. The van der Waals surface area contributed by atoms with Gasteiger partial charge in [0.15, 0.2) is 0 Å². The molecule has 2 saturated heterocycles. The molecule has 2 N–H and O–H groups in total. The van der Waals surface area contributed by atoms with Crippen molar-refractivity contribution in [3.63, 3.8) is 0 Å². The minimum Gasteiger partial charge on any atom is -0.379 e. The van der Waals surface area contributed by atoms with E-state index in [1.54, 1.807) is 12.1 Å². The number of anilines is 2. The fourth-order valence-electron chi connectivity index (χ4n) is 3.76. The molecule has 10 heteroatoms. The highest BCUT2D eigenvalue weighted by atomic mass is 16.8. The highest BCUT2D eigenvalue weighted by molar-refractivity contribution is 5.54. The van der Waals surface area contributed by atoms with Gasteiger partial charge in [0.1, 0.15) is 12.2 Å². The van der Waals surface area contributed by atoms with E-state index in [1.165, 1.54) is 0 Å². The molecule has 2 unspecified atom stereocenters. The summed E-state index contributed by atoms with van der Waals surface area (Å²) in [6.07, 6.45) is 0.0157. The van der Waals surface area contributed by atoms with Crippen molar-refractivity contribution in [2.24, 2.45) is 10.3 Å². The van der Waals surface area contributed by atoms with Gasteiger partial charge >= 0.3 is 0 Å². The van der Waals surface area contributed by atoms with Gasteiger partial charge in [-0.3, -0.25) is 20.2 Å². The van der Waals surface area contributed by atoms with E-state index >= 15 is 0 Å². The number of benzene rings is 1. The van der Waals surface area contributed by atoms with E-state index in [4.69, 9.17) is 19.9 Å². The van der Waals surface area contributed by atoms with Crippen molar-refractivity contribution in [1.29, 1.82) is 0 Å². The maximum Gasteiger partial charge on any atom is 0.132 e. The van der Waals surface area contributed by atoms with Crippen LogP contribution in [0.2, 0.25) is 0 Å². The first kappa shape index (κ1) is 18.5. The summed E-state index contributed by atoms with van der Waals surface area (Å²) in [5.74, 6) is 0. The fraction of sp³-hybridized carbons (Fsp3) is 0.647. The summed E-state index contributed by atoms with van der Waals surface area (Å²) < 4.78 is 11.0. The van der Waals surface area contributed by atoms with Crippen molar-refractivity contribution in [2.75, 3.05) is 69.4 Å². The summed E-state index contributed by atoms with van der Waals surface area (Å²) in [4.78, 5) is 4.75. The van der Waals surface area contributed by atoms with Gasteiger partial charge in [0.2, 0.25) is 0 Å². The predicted molar refractivity (Wildman–Crippen MR) is 97.1 cm³/mol. The van der Waals surface area contributed by atoms with Gasteiger partial charge in [-0.15, -0.1) is 5.23 Å². The van der Waals surface area contributed by atoms with Crippen LogP contribution in [0.4, 0.5) is 11.4 Å². The zero-order chi connectivity index (χ0) is 18.6. The van der Waals surface area contributed by atoms with E-state index in [1.807, 2.05) is 17.1 Å². The molecule has 0 aromatic heterocycles. The van der Waals surface area contributed by atoms with Gasteiger partial charge in [-0.05, 0) is 24.3 Å². The van der Waals surface area contributed by atoms with Crippen LogP contribution in [-0.2, 0) is 9.47 Å². The van der Waals surface area contributed by atoms with Crippen molar-refractivity contribution in [3.8, 4) is 0 Å². The van der Waals surface area contributed by atoms with Gasteiger partial charge in [0.25, 0.3) is 0 Å². The molecule has 4 rings (SSSR count). The van der Waals surface area contributed by atoms with Gasteiger partial charge in [0, 0.05) is 32.7 Å². The summed E-state index contributed by atoms with van der Waals surface area (Å²) in [5, 5.41) is 29.4. The Morgan fingerprint density at radius 1 is 0.963 bits per heavy atom. The number of nitrogens with zero attached hydrogens (tertiary/aromatic N) is 6. The lowest BCUT2D eigenvalue weighted by atomic mass is 10.1. The molecule has 2 atom stereocenters. The minimum atomic E-state index is 0.0157. The third kappa shape index (κ3) is 4.21. The lowest BCUT2D eigenvalue weighted by Gasteiger charge is -2.39. The molecule has 0 spiro atoms. The van der Waals surface area contributed by atoms with E-state index in [2.05, 4.69) is 20.1 Å². The van der Waals surface area contributed by atoms with Crippen LogP contribution < -0.4 is 10.2 Å². The number of hydrogen-bond donors (Lipinski definition) is 2. The van der Waals surface area contributed by atoms with Crippen LogP contribution in [0.1, 0.15) is 0 Å². The van der Waals surface area contributed by atoms with E-state index in [0.717, 1.165) is 51.6 Å².